The van der Waals surface area contributed by atoms with E-state index in [1.165, 1.54) is 0 Å². The van der Waals surface area contributed by atoms with Crippen molar-refractivity contribution in [2.45, 2.75) is 18.9 Å². The molecule has 3 N–H and O–H groups in total. The van der Waals surface area contributed by atoms with Crippen LogP contribution in [0.3, 0.4) is 0 Å². The van der Waals surface area contributed by atoms with Crippen molar-refractivity contribution in [3.63, 3.8) is 0 Å². The lowest BCUT2D eigenvalue weighted by Crippen LogP contribution is -2.47. The summed E-state index contributed by atoms with van der Waals surface area (Å²) in [7, 11) is 2.03. The molecule has 0 unspecified atom stereocenters. The molecule has 2 amide bonds. The van der Waals surface area contributed by atoms with Crippen LogP contribution in [-0.4, -0.2) is 54.8 Å². The molecule has 0 aliphatic carbocycles. The highest BCUT2D eigenvalue weighted by atomic mass is 16.7. The first-order valence-corrected chi connectivity index (χ1v) is 5.16. The molecule has 0 spiro atoms. The number of likely N-dealkylation sites (tertiary alicyclic amines) is 1. The summed E-state index contributed by atoms with van der Waals surface area (Å²) >= 11 is 0. The van der Waals surface area contributed by atoms with Crippen LogP contribution in [0.2, 0.25) is 0 Å². The van der Waals surface area contributed by atoms with E-state index >= 15 is 0 Å². The Balaban J connectivity index is 2.11. The summed E-state index contributed by atoms with van der Waals surface area (Å²) in [5.74, 6) is -1.13. The van der Waals surface area contributed by atoms with Gasteiger partial charge in [0.05, 0.1) is 0 Å². The van der Waals surface area contributed by atoms with Gasteiger partial charge in [-0.15, -0.1) is 0 Å². The Morgan fingerprint density at radius 1 is 1.44 bits per heavy atom. The summed E-state index contributed by atoms with van der Waals surface area (Å²) in [4.78, 5) is 28.0. The number of rotatable bonds is 4. The number of nitrogens with one attached hydrogen (secondary N) is 2. The van der Waals surface area contributed by atoms with Crippen LogP contribution in [0, 0.1) is 0 Å². The SMILES string of the molecule is CN1CCC(NC(=O)NOCC(=O)O)CC1. The molecule has 1 heterocycles. The van der Waals surface area contributed by atoms with Gasteiger partial charge in [-0.1, -0.05) is 0 Å². The van der Waals surface area contributed by atoms with Gasteiger partial charge in [0.15, 0.2) is 6.61 Å². The Hall–Kier alpha value is -1.34. The van der Waals surface area contributed by atoms with E-state index in [4.69, 9.17) is 5.11 Å². The molecule has 1 rings (SSSR count). The fourth-order valence-corrected chi connectivity index (χ4v) is 1.53. The third kappa shape index (κ3) is 4.94. The van der Waals surface area contributed by atoms with Gasteiger partial charge in [-0.25, -0.2) is 15.1 Å². The average molecular weight is 231 g/mol. The molecule has 92 valence electrons. The summed E-state index contributed by atoms with van der Waals surface area (Å²) in [5.41, 5.74) is 2.03. The van der Waals surface area contributed by atoms with Gasteiger partial charge < -0.3 is 15.3 Å². The van der Waals surface area contributed by atoms with Crippen LogP contribution in [0.5, 0.6) is 0 Å². The number of hydrogen-bond acceptors (Lipinski definition) is 4. The molecule has 1 aliphatic heterocycles. The molecule has 0 atom stereocenters. The van der Waals surface area contributed by atoms with E-state index in [-0.39, 0.29) is 6.04 Å². The molecule has 7 nitrogen and oxygen atoms in total. The minimum Gasteiger partial charge on any atom is -0.479 e. The number of urea groups is 1. The Bertz CT molecular complexity index is 251. The Labute approximate surface area is 93.7 Å². The first kappa shape index (κ1) is 12.7. The number of piperidine rings is 1. The molecule has 1 saturated heterocycles. The second-order valence-corrected chi connectivity index (χ2v) is 3.84. The topological polar surface area (TPSA) is 90.9 Å². The summed E-state index contributed by atoms with van der Waals surface area (Å²) in [6.07, 6.45) is 1.78. The zero-order chi connectivity index (χ0) is 12.0. The predicted molar refractivity (Wildman–Crippen MR) is 55.8 cm³/mol. The molecule has 0 aromatic carbocycles. The van der Waals surface area contributed by atoms with Crippen LogP contribution < -0.4 is 10.8 Å². The molecule has 0 bridgehead atoms. The fraction of sp³-hybridized carbons (Fsp3) is 0.778. The lowest BCUT2D eigenvalue weighted by atomic mass is 10.1. The van der Waals surface area contributed by atoms with Gasteiger partial charge in [0, 0.05) is 6.04 Å². The van der Waals surface area contributed by atoms with E-state index in [0.29, 0.717) is 0 Å². The second kappa shape index (κ2) is 6.29. The molecule has 1 fully saturated rings. The first-order chi connectivity index (χ1) is 7.58. The number of nitrogens with zero attached hydrogens (tertiary/aromatic N) is 1. The van der Waals surface area contributed by atoms with E-state index in [0.717, 1.165) is 25.9 Å². The number of carbonyl (C=O) groups is 2. The molecule has 16 heavy (non-hydrogen) atoms. The fourth-order valence-electron chi connectivity index (χ4n) is 1.53. The van der Waals surface area contributed by atoms with Crippen LogP contribution in [0.15, 0.2) is 0 Å². The van der Waals surface area contributed by atoms with Gasteiger partial charge in [-0.05, 0) is 33.0 Å². The Morgan fingerprint density at radius 3 is 2.62 bits per heavy atom. The number of hydroxylamine groups is 1. The monoisotopic (exact) mass is 231 g/mol. The number of carboxylic acids is 1. The van der Waals surface area contributed by atoms with Crippen molar-refractivity contribution in [1.82, 2.24) is 15.7 Å². The van der Waals surface area contributed by atoms with Crippen LogP contribution in [-0.2, 0) is 9.63 Å². The number of aliphatic carboxylic acids is 1. The van der Waals surface area contributed by atoms with Crippen LogP contribution in [0.4, 0.5) is 4.79 Å². The van der Waals surface area contributed by atoms with Gasteiger partial charge in [-0.2, -0.15) is 0 Å². The molecular formula is C9H17N3O4. The van der Waals surface area contributed by atoms with E-state index in [1.807, 2.05) is 12.5 Å². The van der Waals surface area contributed by atoms with Crippen molar-refractivity contribution in [1.29, 1.82) is 0 Å². The average Bonchev–Trinajstić information content (AvgIpc) is 2.21. The minimum absolute atomic E-state index is 0.129. The van der Waals surface area contributed by atoms with Gasteiger partial charge in [-0.3, -0.25) is 4.84 Å². The summed E-state index contributed by atoms with van der Waals surface area (Å²) in [5, 5.41) is 11.0. The van der Waals surface area contributed by atoms with Crippen molar-refractivity contribution >= 4 is 12.0 Å². The molecule has 0 radical (unpaired) electrons. The predicted octanol–water partition coefficient (Wildman–Crippen LogP) is -0.604. The van der Waals surface area contributed by atoms with Crippen molar-refractivity contribution in [2.75, 3.05) is 26.7 Å². The van der Waals surface area contributed by atoms with Crippen molar-refractivity contribution in [2.24, 2.45) is 0 Å². The number of carbonyl (C=O) groups excluding carboxylic acids is 1. The number of amides is 2. The largest absolute Gasteiger partial charge is 0.479 e. The maximum atomic E-state index is 11.2. The zero-order valence-corrected chi connectivity index (χ0v) is 9.23. The standard InChI is InChI=1S/C9H17N3O4/c1-12-4-2-7(3-5-12)10-9(15)11-16-6-8(13)14/h7H,2-6H2,1H3,(H,13,14)(H2,10,11,15). The highest BCUT2D eigenvalue weighted by Gasteiger charge is 2.18. The lowest BCUT2D eigenvalue weighted by Gasteiger charge is -2.29. The van der Waals surface area contributed by atoms with Crippen molar-refractivity contribution in [3.8, 4) is 0 Å². The van der Waals surface area contributed by atoms with E-state index < -0.39 is 18.6 Å². The van der Waals surface area contributed by atoms with Crippen molar-refractivity contribution < 1.29 is 19.5 Å². The Morgan fingerprint density at radius 2 is 2.06 bits per heavy atom. The van der Waals surface area contributed by atoms with Gasteiger partial charge in [0.25, 0.3) is 0 Å². The minimum atomic E-state index is -1.13. The number of carboxylic acid groups (broad SMARTS) is 1. The maximum absolute atomic E-state index is 11.2. The summed E-state index contributed by atoms with van der Waals surface area (Å²) in [6, 6.07) is -0.361. The highest BCUT2D eigenvalue weighted by molar-refractivity contribution is 5.73. The molecule has 0 aromatic heterocycles. The Kier molecular flexibility index (Phi) is 5.00. The van der Waals surface area contributed by atoms with Gasteiger partial charge in [0.1, 0.15) is 0 Å². The molecule has 0 aromatic rings. The van der Waals surface area contributed by atoms with Gasteiger partial charge in [0.2, 0.25) is 0 Å². The lowest BCUT2D eigenvalue weighted by molar-refractivity contribution is -0.144. The van der Waals surface area contributed by atoms with Gasteiger partial charge >= 0.3 is 12.0 Å². The van der Waals surface area contributed by atoms with Crippen LogP contribution >= 0.6 is 0 Å². The van der Waals surface area contributed by atoms with E-state index in [9.17, 15) is 9.59 Å². The third-order valence-electron chi connectivity index (χ3n) is 2.41. The van der Waals surface area contributed by atoms with Crippen LogP contribution in [0.1, 0.15) is 12.8 Å². The molecular weight excluding hydrogens is 214 g/mol. The zero-order valence-electron chi connectivity index (χ0n) is 9.23. The van der Waals surface area contributed by atoms with Crippen molar-refractivity contribution in [3.05, 3.63) is 0 Å². The smallest absolute Gasteiger partial charge is 0.338 e. The summed E-state index contributed by atoms with van der Waals surface area (Å²) < 4.78 is 0. The number of hydrogen-bond donors (Lipinski definition) is 3. The third-order valence-corrected chi connectivity index (χ3v) is 2.41. The van der Waals surface area contributed by atoms with E-state index in [2.05, 4.69) is 15.1 Å². The maximum Gasteiger partial charge on any atom is 0.338 e. The second-order valence-electron chi connectivity index (χ2n) is 3.84. The normalized spacial score (nSPS) is 18.1. The molecule has 7 heteroatoms. The molecule has 0 saturated carbocycles. The molecule has 1 aliphatic rings. The van der Waals surface area contributed by atoms with Crippen LogP contribution in [0.25, 0.3) is 0 Å². The first-order valence-electron chi connectivity index (χ1n) is 5.16. The van der Waals surface area contributed by atoms with E-state index in [1.54, 1.807) is 0 Å². The summed E-state index contributed by atoms with van der Waals surface area (Å²) in [6.45, 7) is 1.35. The quantitative estimate of drug-likeness (QED) is 0.562. The highest BCUT2D eigenvalue weighted by Crippen LogP contribution is 2.07.